The summed E-state index contributed by atoms with van der Waals surface area (Å²) in [6, 6.07) is 20.3. The second-order valence-electron chi connectivity index (χ2n) is 7.57. The molecule has 2 nitrogen and oxygen atoms in total. The van der Waals surface area contributed by atoms with Crippen molar-refractivity contribution in [3.63, 3.8) is 0 Å². The lowest BCUT2D eigenvalue weighted by Gasteiger charge is -2.48. The van der Waals surface area contributed by atoms with Gasteiger partial charge in [0.2, 0.25) is 0 Å². The summed E-state index contributed by atoms with van der Waals surface area (Å²) in [5.74, 6) is 0.790. The third-order valence-corrected chi connectivity index (χ3v) is 5.92. The number of hydrogen-bond donors (Lipinski definition) is 0. The monoisotopic (exact) mass is 335 g/mol. The Bertz CT molecular complexity index is 684. The summed E-state index contributed by atoms with van der Waals surface area (Å²) < 4.78 is 6.40. The van der Waals surface area contributed by atoms with Crippen molar-refractivity contribution in [3.8, 4) is 0 Å². The Morgan fingerprint density at radius 2 is 1.64 bits per heavy atom. The van der Waals surface area contributed by atoms with Gasteiger partial charge in [-0.3, -0.25) is 4.90 Å². The Labute approximate surface area is 151 Å². The van der Waals surface area contributed by atoms with Crippen LogP contribution in [-0.2, 0) is 24.2 Å². The molecule has 0 saturated carbocycles. The predicted molar refractivity (Wildman–Crippen MR) is 102 cm³/mol. The Morgan fingerprint density at radius 3 is 2.40 bits per heavy atom. The van der Waals surface area contributed by atoms with Crippen molar-refractivity contribution in [1.29, 1.82) is 0 Å². The van der Waals surface area contributed by atoms with Gasteiger partial charge in [-0.2, -0.15) is 0 Å². The van der Waals surface area contributed by atoms with Gasteiger partial charge in [0.1, 0.15) is 6.23 Å². The zero-order chi connectivity index (χ0) is 17.1. The molecule has 1 heterocycles. The maximum Gasteiger partial charge on any atom is 0.111 e. The lowest BCUT2D eigenvalue weighted by Crippen LogP contribution is -2.55. The van der Waals surface area contributed by atoms with Crippen LogP contribution in [0, 0.1) is 5.92 Å². The molecule has 25 heavy (non-hydrogen) atoms. The van der Waals surface area contributed by atoms with Gasteiger partial charge in [-0.1, -0.05) is 61.5 Å². The van der Waals surface area contributed by atoms with Crippen LogP contribution >= 0.6 is 0 Å². The van der Waals surface area contributed by atoms with E-state index in [2.05, 4.69) is 66.4 Å². The van der Waals surface area contributed by atoms with Crippen LogP contribution in [0.5, 0.6) is 0 Å². The number of rotatable bonds is 5. The molecular formula is C23H29NO. The average Bonchev–Trinajstić information content (AvgIpc) is 2.67. The summed E-state index contributed by atoms with van der Waals surface area (Å²) in [7, 11) is 0. The normalized spacial score (nSPS) is 26.0. The molecule has 132 valence electrons. The maximum atomic E-state index is 6.40. The summed E-state index contributed by atoms with van der Waals surface area (Å²) in [5, 5.41) is 0. The topological polar surface area (TPSA) is 12.5 Å². The second-order valence-corrected chi connectivity index (χ2v) is 7.57. The van der Waals surface area contributed by atoms with Crippen molar-refractivity contribution >= 4 is 0 Å². The van der Waals surface area contributed by atoms with Crippen LogP contribution in [0.1, 0.15) is 42.9 Å². The minimum Gasteiger partial charge on any atom is -0.358 e. The van der Waals surface area contributed by atoms with Gasteiger partial charge in [0.15, 0.2) is 0 Å². The Balaban J connectivity index is 1.49. The first kappa shape index (κ1) is 16.8. The highest BCUT2D eigenvalue weighted by Crippen LogP contribution is 2.38. The van der Waals surface area contributed by atoms with Crippen molar-refractivity contribution in [3.05, 3.63) is 71.3 Å². The SMILES string of the molecule is CCCN1C(OCc2ccccc2)CCC2Cc3ccccc3CC21. The van der Waals surface area contributed by atoms with E-state index in [1.54, 1.807) is 11.1 Å². The molecule has 2 aliphatic rings. The minimum atomic E-state index is 0.270. The van der Waals surface area contributed by atoms with E-state index in [9.17, 15) is 0 Å². The number of hydrogen-bond acceptors (Lipinski definition) is 2. The Kier molecular flexibility index (Phi) is 5.19. The van der Waals surface area contributed by atoms with E-state index >= 15 is 0 Å². The quantitative estimate of drug-likeness (QED) is 0.777. The summed E-state index contributed by atoms with van der Waals surface area (Å²) in [4.78, 5) is 2.67. The van der Waals surface area contributed by atoms with Gasteiger partial charge in [0, 0.05) is 12.6 Å². The van der Waals surface area contributed by atoms with Crippen LogP contribution in [-0.4, -0.2) is 23.7 Å². The Hall–Kier alpha value is -1.64. The van der Waals surface area contributed by atoms with Crippen LogP contribution < -0.4 is 0 Å². The first-order chi connectivity index (χ1) is 12.3. The molecule has 0 radical (unpaired) electrons. The van der Waals surface area contributed by atoms with E-state index in [0.29, 0.717) is 6.04 Å². The fourth-order valence-electron chi connectivity index (χ4n) is 4.70. The van der Waals surface area contributed by atoms with Crippen LogP contribution in [0.15, 0.2) is 54.6 Å². The van der Waals surface area contributed by atoms with Crippen molar-refractivity contribution in [2.24, 2.45) is 5.92 Å². The van der Waals surface area contributed by atoms with Gasteiger partial charge in [0.05, 0.1) is 6.61 Å². The second kappa shape index (κ2) is 7.72. The molecule has 2 heteroatoms. The lowest BCUT2D eigenvalue weighted by atomic mass is 9.75. The number of fused-ring (bicyclic) bond motifs is 2. The summed E-state index contributed by atoms with van der Waals surface area (Å²) in [5.41, 5.74) is 4.40. The molecule has 2 aromatic rings. The predicted octanol–water partition coefficient (Wildman–Crippen LogP) is 4.82. The molecule has 0 amide bonds. The smallest absolute Gasteiger partial charge is 0.111 e. The number of ether oxygens (including phenoxy) is 1. The van der Waals surface area contributed by atoms with E-state index in [0.717, 1.165) is 25.5 Å². The molecule has 1 aliphatic carbocycles. The highest BCUT2D eigenvalue weighted by molar-refractivity contribution is 5.31. The molecule has 2 aromatic carbocycles. The van der Waals surface area contributed by atoms with E-state index in [4.69, 9.17) is 4.74 Å². The lowest BCUT2D eigenvalue weighted by molar-refractivity contribution is -0.127. The molecular weight excluding hydrogens is 306 g/mol. The summed E-state index contributed by atoms with van der Waals surface area (Å²) in [6.45, 7) is 4.15. The molecule has 0 aromatic heterocycles. The average molecular weight is 335 g/mol. The van der Waals surface area contributed by atoms with Gasteiger partial charge >= 0.3 is 0 Å². The van der Waals surface area contributed by atoms with Crippen molar-refractivity contribution in [2.45, 2.75) is 57.9 Å². The molecule has 3 atom stereocenters. The van der Waals surface area contributed by atoms with E-state index in [-0.39, 0.29) is 6.23 Å². The molecule has 3 unspecified atom stereocenters. The summed E-state index contributed by atoms with van der Waals surface area (Å²) >= 11 is 0. The third kappa shape index (κ3) is 3.65. The molecule has 1 saturated heterocycles. The zero-order valence-electron chi connectivity index (χ0n) is 15.2. The van der Waals surface area contributed by atoms with Crippen LogP contribution in [0.3, 0.4) is 0 Å². The first-order valence-corrected chi connectivity index (χ1v) is 9.83. The summed E-state index contributed by atoms with van der Waals surface area (Å²) in [6.07, 6.45) is 6.34. The number of likely N-dealkylation sites (tertiary alicyclic amines) is 1. The molecule has 0 bridgehead atoms. The molecule has 1 fully saturated rings. The van der Waals surface area contributed by atoms with Gasteiger partial charge in [-0.05, 0) is 54.7 Å². The van der Waals surface area contributed by atoms with Gasteiger partial charge in [0.25, 0.3) is 0 Å². The van der Waals surface area contributed by atoms with Crippen LogP contribution in [0.25, 0.3) is 0 Å². The van der Waals surface area contributed by atoms with Crippen molar-refractivity contribution < 1.29 is 4.74 Å². The highest BCUT2D eigenvalue weighted by Gasteiger charge is 2.39. The van der Waals surface area contributed by atoms with Crippen molar-refractivity contribution in [2.75, 3.05) is 6.54 Å². The standard InChI is InChI=1S/C23H29NO/c1-2-14-24-22-16-20-11-7-6-10-19(20)15-21(22)12-13-23(24)25-17-18-8-4-3-5-9-18/h3-11,21-23H,2,12-17H2,1H3. The number of piperidine rings is 1. The number of nitrogens with zero attached hydrogens (tertiary/aromatic N) is 1. The fraction of sp³-hybridized carbons (Fsp3) is 0.478. The van der Waals surface area contributed by atoms with Crippen LogP contribution in [0.2, 0.25) is 0 Å². The minimum absolute atomic E-state index is 0.270. The molecule has 0 spiro atoms. The van der Waals surface area contributed by atoms with E-state index in [1.807, 2.05) is 0 Å². The van der Waals surface area contributed by atoms with E-state index < -0.39 is 0 Å². The van der Waals surface area contributed by atoms with Gasteiger partial charge < -0.3 is 4.74 Å². The molecule has 4 rings (SSSR count). The van der Waals surface area contributed by atoms with Crippen LogP contribution in [0.4, 0.5) is 0 Å². The fourth-order valence-corrected chi connectivity index (χ4v) is 4.70. The van der Waals surface area contributed by atoms with Gasteiger partial charge in [-0.15, -0.1) is 0 Å². The molecule has 0 N–H and O–H groups in total. The van der Waals surface area contributed by atoms with Gasteiger partial charge in [-0.25, -0.2) is 0 Å². The Morgan fingerprint density at radius 1 is 0.920 bits per heavy atom. The van der Waals surface area contributed by atoms with Crippen molar-refractivity contribution in [1.82, 2.24) is 4.90 Å². The highest BCUT2D eigenvalue weighted by atomic mass is 16.5. The zero-order valence-corrected chi connectivity index (χ0v) is 15.2. The largest absolute Gasteiger partial charge is 0.358 e. The van der Waals surface area contributed by atoms with E-state index in [1.165, 1.54) is 31.2 Å². The third-order valence-electron chi connectivity index (χ3n) is 5.92. The molecule has 1 aliphatic heterocycles. The first-order valence-electron chi connectivity index (χ1n) is 9.83. The number of benzene rings is 2. The maximum absolute atomic E-state index is 6.40.